The smallest absolute Gasteiger partial charge is 0.112 e. The molecule has 0 saturated heterocycles. The molecule has 0 aliphatic heterocycles. The fourth-order valence-corrected chi connectivity index (χ4v) is 5.83. The lowest BCUT2D eigenvalue weighted by Gasteiger charge is -2.41. The topological polar surface area (TPSA) is 0 Å². The molecule has 3 atom stereocenters. The van der Waals surface area contributed by atoms with Gasteiger partial charge in [-0.25, -0.2) is 4.39 Å². The summed E-state index contributed by atoms with van der Waals surface area (Å²) < 4.78 is 13.6. The van der Waals surface area contributed by atoms with Crippen LogP contribution in [0.5, 0.6) is 0 Å². The quantitative estimate of drug-likeness (QED) is 0.589. The molecular weight excluding hydrogens is 279 g/mol. The summed E-state index contributed by atoms with van der Waals surface area (Å²) in [6.45, 7) is 2.42. The van der Waals surface area contributed by atoms with Crippen LogP contribution in [0.3, 0.4) is 0 Å². The van der Waals surface area contributed by atoms with Crippen molar-refractivity contribution in [3.63, 3.8) is 0 Å². The molecule has 0 spiro atoms. The van der Waals surface area contributed by atoms with Gasteiger partial charge in [0.2, 0.25) is 0 Å². The summed E-state index contributed by atoms with van der Waals surface area (Å²) in [6.07, 6.45) is 13.9. The molecule has 0 amide bonds. The minimum absolute atomic E-state index is 0.0151. The van der Waals surface area contributed by atoms with E-state index in [-0.39, 0.29) is 5.25 Å². The van der Waals surface area contributed by atoms with E-state index >= 15 is 0 Å². The fraction of sp³-hybridized carbons (Fsp3) is 1.00. The van der Waals surface area contributed by atoms with Gasteiger partial charge in [-0.3, -0.25) is 0 Å². The van der Waals surface area contributed by atoms with Gasteiger partial charge in [-0.15, -0.1) is 0 Å². The molecule has 0 bridgehead atoms. The van der Waals surface area contributed by atoms with E-state index in [0.717, 1.165) is 48.9 Å². The lowest BCUT2D eigenvalue weighted by Crippen LogP contribution is -2.33. The normalized spacial score (nSPS) is 49.0. The van der Waals surface area contributed by atoms with Crippen molar-refractivity contribution in [2.24, 2.45) is 29.6 Å². The van der Waals surface area contributed by atoms with Crippen LogP contribution in [-0.2, 0) is 0 Å². The Kier molecular flexibility index (Phi) is 5.56. The van der Waals surface area contributed by atoms with Crippen molar-refractivity contribution < 1.29 is 4.39 Å². The lowest BCUT2D eigenvalue weighted by atomic mass is 9.66. The van der Waals surface area contributed by atoms with Gasteiger partial charge in [0, 0.05) is 5.25 Å². The standard InChI is InChI=1S/C19H33FS/c1-13-2-4-14(5-3-13)15-6-8-16(9-7-15)17-10-11-18(20)19(21)12-17/h13-19,21H,2-12H2,1H3. The van der Waals surface area contributed by atoms with Crippen LogP contribution in [0.1, 0.15) is 77.6 Å². The molecule has 3 aliphatic carbocycles. The molecule has 3 unspecified atom stereocenters. The molecule has 2 heteroatoms. The van der Waals surface area contributed by atoms with E-state index in [1.54, 1.807) is 0 Å². The van der Waals surface area contributed by atoms with Crippen molar-refractivity contribution in [1.29, 1.82) is 0 Å². The van der Waals surface area contributed by atoms with Crippen molar-refractivity contribution in [2.75, 3.05) is 0 Å². The van der Waals surface area contributed by atoms with Crippen molar-refractivity contribution >= 4 is 12.6 Å². The maximum absolute atomic E-state index is 13.6. The lowest BCUT2D eigenvalue weighted by molar-refractivity contribution is 0.101. The van der Waals surface area contributed by atoms with E-state index in [9.17, 15) is 4.39 Å². The Hall–Kier alpha value is 0.280. The highest BCUT2D eigenvalue weighted by Gasteiger charge is 2.36. The van der Waals surface area contributed by atoms with Crippen molar-refractivity contribution in [3.05, 3.63) is 0 Å². The summed E-state index contributed by atoms with van der Waals surface area (Å²) in [5, 5.41) is 0.0151. The highest BCUT2D eigenvalue weighted by Crippen LogP contribution is 2.45. The highest BCUT2D eigenvalue weighted by molar-refractivity contribution is 7.81. The van der Waals surface area contributed by atoms with Gasteiger partial charge in [-0.05, 0) is 87.4 Å². The number of thiol groups is 1. The summed E-state index contributed by atoms with van der Waals surface area (Å²) in [5.74, 6) is 4.66. The van der Waals surface area contributed by atoms with Crippen LogP contribution in [0.4, 0.5) is 4.39 Å². The van der Waals surface area contributed by atoms with E-state index in [1.165, 1.54) is 51.4 Å². The van der Waals surface area contributed by atoms with Crippen LogP contribution in [0, 0.1) is 29.6 Å². The Bertz CT molecular complexity index is 316. The van der Waals surface area contributed by atoms with Crippen LogP contribution in [0.15, 0.2) is 0 Å². The molecule has 0 aromatic carbocycles. The van der Waals surface area contributed by atoms with Gasteiger partial charge in [-0.1, -0.05) is 19.8 Å². The first-order valence-corrected chi connectivity index (χ1v) is 9.97. The molecule has 0 N–H and O–H groups in total. The summed E-state index contributed by atoms with van der Waals surface area (Å²) >= 11 is 4.47. The Labute approximate surface area is 136 Å². The molecule has 0 heterocycles. The highest BCUT2D eigenvalue weighted by atomic mass is 32.1. The molecule has 0 nitrogen and oxygen atoms in total. The second-order valence-electron chi connectivity index (χ2n) is 8.35. The molecular formula is C19H33FS. The van der Waals surface area contributed by atoms with Crippen molar-refractivity contribution in [2.45, 2.75) is 89.0 Å². The van der Waals surface area contributed by atoms with E-state index in [1.807, 2.05) is 0 Å². The maximum Gasteiger partial charge on any atom is 0.112 e. The SMILES string of the molecule is CC1CCC(C2CCC(C3CCC(F)C(S)C3)CC2)CC1. The third-order valence-electron chi connectivity index (χ3n) is 6.99. The van der Waals surface area contributed by atoms with Gasteiger partial charge in [0.15, 0.2) is 0 Å². The van der Waals surface area contributed by atoms with Crippen molar-refractivity contribution in [3.8, 4) is 0 Å². The van der Waals surface area contributed by atoms with Crippen LogP contribution < -0.4 is 0 Å². The molecule has 3 fully saturated rings. The minimum atomic E-state index is -0.648. The molecule has 3 rings (SSSR count). The molecule has 122 valence electrons. The van der Waals surface area contributed by atoms with Gasteiger partial charge in [-0.2, -0.15) is 12.6 Å². The Balaban J connectivity index is 1.45. The Morgan fingerprint density at radius 1 is 0.667 bits per heavy atom. The largest absolute Gasteiger partial charge is 0.246 e. The zero-order valence-electron chi connectivity index (χ0n) is 13.6. The first-order valence-electron chi connectivity index (χ1n) is 9.45. The van der Waals surface area contributed by atoms with Gasteiger partial charge < -0.3 is 0 Å². The zero-order valence-corrected chi connectivity index (χ0v) is 14.5. The first-order chi connectivity index (χ1) is 10.1. The third kappa shape index (κ3) is 3.98. The minimum Gasteiger partial charge on any atom is -0.246 e. The third-order valence-corrected chi connectivity index (χ3v) is 7.52. The second kappa shape index (κ2) is 7.23. The summed E-state index contributed by atoms with van der Waals surface area (Å²) in [6, 6.07) is 0. The molecule has 3 saturated carbocycles. The van der Waals surface area contributed by atoms with Gasteiger partial charge in [0.05, 0.1) is 0 Å². The number of hydrogen-bond acceptors (Lipinski definition) is 1. The number of hydrogen-bond donors (Lipinski definition) is 1. The average molecular weight is 313 g/mol. The van der Waals surface area contributed by atoms with E-state index < -0.39 is 6.17 Å². The molecule has 0 aromatic rings. The number of rotatable bonds is 2. The van der Waals surface area contributed by atoms with Gasteiger partial charge >= 0.3 is 0 Å². The Morgan fingerprint density at radius 3 is 1.62 bits per heavy atom. The first kappa shape index (κ1) is 16.1. The van der Waals surface area contributed by atoms with E-state index in [0.29, 0.717) is 0 Å². The molecule has 0 radical (unpaired) electrons. The van der Waals surface area contributed by atoms with Gasteiger partial charge in [0.25, 0.3) is 0 Å². The van der Waals surface area contributed by atoms with Crippen molar-refractivity contribution in [1.82, 2.24) is 0 Å². The van der Waals surface area contributed by atoms with Crippen LogP contribution in [0.25, 0.3) is 0 Å². The fourth-order valence-electron chi connectivity index (χ4n) is 5.41. The predicted molar refractivity (Wildman–Crippen MR) is 91.6 cm³/mol. The summed E-state index contributed by atoms with van der Waals surface area (Å²) in [4.78, 5) is 0. The van der Waals surface area contributed by atoms with Crippen LogP contribution in [0.2, 0.25) is 0 Å². The monoisotopic (exact) mass is 312 g/mol. The Morgan fingerprint density at radius 2 is 1.10 bits per heavy atom. The van der Waals surface area contributed by atoms with Crippen LogP contribution >= 0.6 is 12.6 Å². The molecule has 3 aliphatic rings. The number of alkyl halides is 1. The maximum atomic E-state index is 13.6. The average Bonchev–Trinajstić information content (AvgIpc) is 2.51. The molecule has 0 aromatic heterocycles. The predicted octanol–water partition coefficient (Wildman–Crippen LogP) is 6.06. The van der Waals surface area contributed by atoms with Gasteiger partial charge in [0.1, 0.15) is 6.17 Å². The summed E-state index contributed by atoms with van der Waals surface area (Å²) in [5.41, 5.74) is 0. The van der Waals surface area contributed by atoms with Crippen LogP contribution in [-0.4, -0.2) is 11.4 Å². The zero-order chi connectivity index (χ0) is 14.8. The molecule has 21 heavy (non-hydrogen) atoms. The van der Waals surface area contributed by atoms with E-state index in [4.69, 9.17) is 0 Å². The summed E-state index contributed by atoms with van der Waals surface area (Å²) in [7, 11) is 0. The second-order valence-corrected chi connectivity index (χ2v) is 9.01. The number of halogens is 1. The van der Waals surface area contributed by atoms with E-state index in [2.05, 4.69) is 19.6 Å².